The number of fused-ring (bicyclic) bond motifs is 3. The number of hydrogen-bond acceptors (Lipinski definition) is 4. The molecule has 2 heterocycles. The van der Waals surface area contributed by atoms with Crippen LogP contribution in [0.5, 0.6) is 5.75 Å². The fraction of sp³-hybridized carbons (Fsp3) is 0.235. The van der Waals surface area contributed by atoms with Crippen molar-refractivity contribution in [3.05, 3.63) is 60.2 Å². The molecule has 3 atom stereocenters. The smallest absolute Gasteiger partial charge is 0.243 e. The standard InChI is InChI=1S/C17H16N2O4S/c18-17(20)13-10-19(24(21,22)11-6-2-1-3-7-11)15-12-8-4-5-9-14(12)23-16(13)15/h1-9,13,15-16H,10H2,(H2,18,20)/t13-,15+,16+/m1/s1. The van der Waals surface area contributed by atoms with Gasteiger partial charge in [-0.1, -0.05) is 36.4 Å². The van der Waals surface area contributed by atoms with E-state index in [4.69, 9.17) is 10.5 Å². The van der Waals surface area contributed by atoms with E-state index in [1.54, 1.807) is 36.4 Å². The van der Waals surface area contributed by atoms with E-state index < -0.39 is 34.0 Å². The monoisotopic (exact) mass is 344 g/mol. The van der Waals surface area contributed by atoms with Gasteiger partial charge in [-0.25, -0.2) is 8.42 Å². The number of hydrogen-bond donors (Lipinski definition) is 1. The number of amides is 1. The van der Waals surface area contributed by atoms with Crippen LogP contribution in [0.15, 0.2) is 59.5 Å². The van der Waals surface area contributed by atoms with E-state index in [2.05, 4.69) is 0 Å². The third-order valence-corrected chi connectivity index (χ3v) is 6.47. The molecule has 0 radical (unpaired) electrons. The van der Waals surface area contributed by atoms with Gasteiger partial charge in [0, 0.05) is 12.1 Å². The Balaban J connectivity index is 1.83. The van der Waals surface area contributed by atoms with E-state index in [-0.39, 0.29) is 11.4 Å². The number of sulfonamides is 1. The molecule has 7 heteroatoms. The van der Waals surface area contributed by atoms with Gasteiger partial charge in [-0.2, -0.15) is 4.31 Å². The lowest BCUT2D eigenvalue weighted by Crippen LogP contribution is -2.34. The van der Waals surface area contributed by atoms with Crippen LogP contribution in [0.25, 0.3) is 0 Å². The summed E-state index contributed by atoms with van der Waals surface area (Å²) in [5.41, 5.74) is 6.26. The second kappa shape index (κ2) is 5.32. The predicted molar refractivity (Wildman–Crippen MR) is 86.6 cm³/mol. The first kappa shape index (κ1) is 15.2. The minimum absolute atomic E-state index is 0.0240. The average Bonchev–Trinajstić information content (AvgIpc) is 3.12. The highest BCUT2D eigenvalue weighted by atomic mass is 32.2. The highest BCUT2D eigenvalue weighted by Crippen LogP contribution is 2.49. The zero-order chi connectivity index (χ0) is 16.9. The zero-order valence-electron chi connectivity index (χ0n) is 12.7. The summed E-state index contributed by atoms with van der Waals surface area (Å²) in [6.45, 7) is 0.0240. The molecule has 124 valence electrons. The molecule has 2 N–H and O–H groups in total. The summed E-state index contributed by atoms with van der Waals surface area (Å²) in [7, 11) is -3.76. The molecule has 1 saturated heterocycles. The highest BCUT2D eigenvalue weighted by Gasteiger charge is 2.55. The number of ether oxygens (including phenoxy) is 1. The average molecular weight is 344 g/mol. The Morgan fingerprint density at radius 2 is 1.75 bits per heavy atom. The first-order valence-corrected chi connectivity index (χ1v) is 9.06. The third kappa shape index (κ3) is 2.12. The quantitative estimate of drug-likeness (QED) is 0.909. The van der Waals surface area contributed by atoms with Gasteiger partial charge in [0.05, 0.1) is 16.9 Å². The largest absolute Gasteiger partial charge is 0.487 e. The van der Waals surface area contributed by atoms with Crippen LogP contribution in [0.2, 0.25) is 0 Å². The molecule has 2 aliphatic heterocycles. The summed E-state index contributed by atoms with van der Waals surface area (Å²) in [6.07, 6.45) is -0.585. The maximum Gasteiger partial charge on any atom is 0.243 e. The van der Waals surface area contributed by atoms with Crippen molar-refractivity contribution >= 4 is 15.9 Å². The lowest BCUT2D eigenvalue weighted by Gasteiger charge is -2.22. The van der Waals surface area contributed by atoms with Crippen molar-refractivity contribution in [3.8, 4) is 5.75 Å². The minimum Gasteiger partial charge on any atom is -0.487 e. The van der Waals surface area contributed by atoms with Gasteiger partial charge in [-0.15, -0.1) is 0 Å². The molecule has 24 heavy (non-hydrogen) atoms. The molecule has 0 aliphatic carbocycles. The van der Waals surface area contributed by atoms with Gasteiger partial charge in [-0.05, 0) is 18.2 Å². The second-order valence-corrected chi connectivity index (χ2v) is 7.85. The molecule has 0 aromatic heterocycles. The first-order valence-electron chi connectivity index (χ1n) is 7.62. The molecule has 0 saturated carbocycles. The van der Waals surface area contributed by atoms with Crippen molar-refractivity contribution in [3.63, 3.8) is 0 Å². The van der Waals surface area contributed by atoms with E-state index in [0.717, 1.165) is 5.56 Å². The van der Waals surface area contributed by atoms with Gasteiger partial charge in [0.1, 0.15) is 11.9 Å². The predicted octanol–water partition coefficient (Wildman–Crippen LogP) is 1.29. The summed E-state index contributed by atoms with van der Waals surface area (Å²) in [6, 6.07) is 14.9. The number of nitrogens with zero attached hydrogens (tertiary/aromatic N) is 1. The number of carbonyl (C=O) groups is 1. The molecule has 1 amide bonds. The normalized spacial score (nSPS) is 25.8. The summed E-state index contributed by atoms with van der Waals surface area (Å²) in [5.74, 6) is -0.629. The molecule has 4 rings (SSSR count). The van der Waals surface area contributed by atoms with Crippen molar-refractivity contribution in [2.24, 2.45) is 11.7 Å². The van der Waals surface area contributed by atoms with Gasteiger partial charge in [0.15, 0.2) is 0 Å². The molecular formula is C17H16N2O4S. The van der Waals surface area contributed by atoms with Gasteiger partial charge in [-0.3, -0.25) is 4.79 Å². The van der Waals surface area contributed by atoms with Crippen LogP contribution in [0.4, 0.5) is 0 Å². The Morgan fingerprint density at radius 1 is 1.08 bits per heavy atom. The first-order chi connectivity index (χ1) is 11.5. The number of para-hydroxylation sites is 1. The van der Waals surface area contributed by atoms with Gasteiger partial charge in [0.25, 0.3) is 0 Å². The molecule has 6 nitrogen and oxygen atoms in total. The van der Waals surface area contributed by atoms with E-state index in [9.17, 15) is 13.2 Å². The van der Waals surface area contributed by atoms with Crippen molar-refractivity contribution < 1.29 is 17.9 Å². The number of nitrogens with two attached hydrogens (primary N) is 1. The Kier molecular flexibility index (Phi) is 3.36. The Hall–Kier alpha value is -2.38. The van der Waals surface area contributed by atoms with E-state index in [1.165, 1.54) is 4.31 Å². The maximum absolute atomic E-state index is 13.1. The Morgan fingerprint density at radius 3 is 2.46 bits per heavy atom. The van der Waals surface area contributed by atoms with Crippen molar-refractivity contribution in [2.75, 3.05) is 6.54 Å². The van der Waals surface area contributed by atoms with E-state index in [0.29, 0.717) is 5.75 Å². The SMILES string of the molecule is NC(=O)[C@@H]1CN(S(=O)(=O)c2ccccc2)[C@H]2c3ccccc3O[C@@H]12. The molecule has 0 unspecified atom stereocenters. The maximum atomic E-state index is 13.1. The van der Waals surface area contributed by atoms with Crippen LogP contribution in [-0.2, 0) is 14.8 Å². The number of carbonyl (C=O) groups excluding carboxylic acids is 1. The van der Waals surface area contributed by atoms with Crippen LogP contribution < -0.4 is 10.5 Å². The molecule has 0 spiro atoms. The van der Waals surface area contributed by atoms with Crippen LogP contribution in [-0.4, -0.2) is 31.3 Å². The fourth-order valence-corrected chi connectivity index (χ4v) is 5.14. The fourth-order valence-electron chi connectivity index (χ4n) is 3.48. The third-order valence-electron chi connectivity index (χ3n) is 4.61. The molecular weight excluding hydrogens is 328 g/mol. The van der Waals surface area contributed by atoms with E-state index in [1.807, 2.05) is 18.2 Å². The van der Waals surface area contributed by atoms with Crippen LogP contribution >= 0.6 is 0 Å². The molecule has 2 aromatic carbocycles. The zero-order valence-corrected chi connectivity index (χ0v) is 13.5. The van der Waals surface area contributed by atoms with Crippen molar-refractivity contribution in [1.29, 1.82) is 0 Å². The highest BCUT2D eigenvalue weighted by molar-refractivity contribution is 7.89. The Bertz CT molecular complexity index is 898. The van der Waals surface area contributed by atoms with Crippen LogP contribution in [0.3, 0.4) is 0 Å². The van der Waals surface area contributed by atoms with Crippen molar-refractivity contribution in [1.82, 2.24) is 4.31 Å². The topological polar surface area (TPSA) is 89.7 Å². The number of benzene rings is 2. The second-order valence-electron chi connectivity index (χ2n) is 5.96. The van der Waals surface area contributed by atoms with Gasteiger partial charge >= 0.3 is 0 Å². The van der Waals surface area contributed by atoms with Crippen LogP contribution in [0.1, 0.15) is 11.6 Å². The summed E-state index contributed by atoms with van der Waals surface area (Å²) in [4.78, 5) is 12.0. The molecule has 2 aromatic rings. The van der Waals surface area contributed by atoms with Crippen LogP contribution in [0, 0.1) is 5.92 Å². The minimum atomic E-state index is -3.76. The summed E-state index contributed by atoms with van der Waals surface area (Å²) < 4.78 is 33.3. The van der Waals surface area contributed by atoms with Gasteiger partial charge < -0.3 is 10.5 Å². The number of rotatable bonds is 3. The van der Waals surface area contributed by atoms with E-state index >= 15 is 0 Å². The van der Waals surface area contributed by atoms with Crippen molar-refractivity contribution in [2.45, 2.75) is 17.0 Å². The molecule has 0 bridgehead atoms. The Labute approximate surface area is 139 Å². The molecule has 2 aliphatic rings. The molecule has 1 fully saturated rings. The van der Waals surface area contributed by atoms with Gasteiger partial charge in [0.2, 0.25) is 15.9 Å². The number of primary amides is 1. The lowest BCUT2D eigenvalue weighted by atomic mass is 9.99. The lowest BCUT2D eigenvalue weighted by molar-refractivity contribution is -0.123. The summed E-state index contributed by atoms with van der Waals surface area (Å²) in [5, 5.41) is 0. The summed E-state index contributed by atoms with van der Waals surface area (Å²) >= 11 is 0.